The third kappa shape index (κ3) is 2.43. The molecule has 1 amide bonds. The predicted octanol–water partition coefficient (Wildman–Crippen LogP) is 3.45. The van der Waals surface area contributed by atoms with Crippen LogP contribution in [0.15, 0.2) is 27.2 Å². The van der Waals surface area contributed by atoms with Gasteiger partial charge in [-0.2, -0.15) is 0 Å². The monoisotopic (exact) mass is 312 g/mol. The van der Waals surface area contributed by atoms with Crippen LogP contribution in [0.25, 0.3) is 0 Å². The number of anilines is 1. The number of aromatic nitrogens is 1. The highest BCUT2D eigenvalue weighted by Crippen LogP contribution is 2.21. The predicted molar refractivity (Wildman–Crippen MR) is 68.0 cm³/mol. The fourth-order valence-electron chi connectivity index (χ4n) is 1.58. The second-order valence-electron chi connectivity index (χ2n) is 3.78. The number of nitrogens with one attached hydrogen (secondary N) is 1. The number of carbonyl (C=O) groups excluding carboxylic acids is 1. The quantitative estimate of drug-likeness (QED) is 0.924. The Bertz CT molecular complexity index is 591. The van der Waals surface area contributed by atoms with Gasteiger partial charge in [-0.25, -0.2) is 4.39 Å². The minimum atomic E-state index is -0.510. The third-order valence-electron chi connectivity index (χ3n) is 2.44. The summed E-state index contributed by atoms with van der Waals surface area (Å²) in [6, 6.07) is 4.41. The van der Waals surface area contributed by atoms with E-state index >= 15 is 0 Å². The van der Waals surface area contributed by atoms with Crippen LogP contribution in [-0.2, 0) is 0 Å². The number of carbonyl (C=O) groups is 1. The van der Waals surface area contributed by atoms with E-state index in [0.29, 0.717) is 21.5 Å². The second kappa shape index (κ2) is 4.89. The molecule has 0 aliphatic heterocycles. The fraction of sp³-hybridized carbons (Fsp3) is 0.167. The zero-order valence-electron chi connectivity index (χ0n) is 9.75. The molecule has 2 rings (SSSR count). The number of benzene rings is 1. The molecule has 1 aromatic carbocycles. The van der Waals surface area contributed by atoms with Crippen LogP contribution in [-0.4, -0.2) is 11.1 Å². The lowest BCUT2D eigenvalue weighted by Gasteiger charge is -2.06. The van der Waals surface area contributed by atoms with Crippen molar-refractivity contribution in [3.05, 3.63) is 45.5 Å². The van der Waals surface area contributed by atoms with Crippen molar-refractivity contribution in [2.75, 3.05) is 5.32 Å². The summed E-state index contributed by atoms with van der Waals surface area (Å²) in [7, 11) is 0. The molecule has 18 heavy (non-hydrogen) atoms. The Balaban J connectivity index is 2.27. The first-order valence-electron chi connectivity index (χ1n) is 5.18. The van der Waals surface area contributed by atoms with Crippen molar-refractivity contribution in [3.8, 4) is 0 Å². The summed E-state index contributed by atoms with van der Waals surface area (Å²) in [4.78, 5) is 12.0. The molecule has 94 valence electrons. The molecule has 4 nitrogen and oxygen atoms in total. The maximum atomic E-state index is 13.6. The van der Waals surface area contributed by atoms with Crippen molar-refractivity contribution < 1.29 is 13.7 Å². The molecule has 0 saturated heterocycles. The van der Waals surface area contributed by atoms with Crippen molar-refractivity contribution >= 4 is 27.5 Å². The van der Waals surface area contributed by atoms with Gasteiger partial charge in [-0.3, -0.25) is 4.79 Å². The van der Waals surface area contributed by atoms with Crippen molar-refractivity contribution in [1.29, 1.82) is 0 Å². The maximum absolute atomic E-state index is 13.6. The number of hydrogen-bond acceptors (Lipinski definition) is 3. The Morgan fingerprint density at radius 1 is 1.44 bits per heavy atom. The van der Waals surface area contributed by atoms with E-state index in [9.17, 15) is 9.18 Å². The zero-order chi connectivity index (χ0) is 13.3. The SMILES string of the molecule is Cc1noc(C)c1C(=O)Nc1ccc(Br)cc1F. The Kier molecular flexibility index (Phi) is 3.47. The minimum Gasteiger partial charge on any atom is -0.361 e. The van der Waals surface area contributed by atoms with Crippen LogP contribution < -0.4 is 5.32 Å². The van der Waals surface area contributed by atoms with Gasteiger partial charge >= 0.3 is 0 Å². The van der Waals surface area contributed by atoms with Crippen LogP contribution in [0.1, 0.15) is 21.8 Å². The zero-order valence-corrected chi connectivity index (χ0v) is 11.3. The molecule has 0 spiro atoms. The first-order chi connectivity index (χ1) is 8.49. The van der Waals surface area contributed by atoms with Crippen molar-refractivity contribution in [3.63, 3.8) is 0 Å². The molecular weight excluding hydrogens is 303 g/mol. The van der Waals surface area contributed by atoms with E-state index in [1.165, 1.54) is 12.1 Å². The van der Waals surface area contributed by atoms with Crippen LogP contribution in [0.4, 0.5) is 10.1 Å². The number of nitrogens with zero attached hydrogens (tertiary/aromatic N) is 1. The average Bonchev–Trinajstić information content (AvgIpc) is 2.62. The van der Waals surface area contributed by atoms with Crippen LogP contribution in [0, 0.1) is 19.7 Å². The number of rotatable bonds is 2. The number of halogens is 2. The molecular formula is C12H10BrFN2O2. The summed E-state index contributed by atoms with van der Waals surface area (Å²) in [5, 5.41) is 6.17. The molecule has 0 bridgehead atoms. The van der Waals surface area contributed by atoms with E-state index in [0.717, 1.165) is 0 Å². The molecule has 0 aliphatic rings. The molecule has 1 aromatic heterocycles. The number of hydrogen-bond donors (Lipinski definition) is 1. The molecule has 1 heterocycles. The molecule has 0 fully saturated rings. The topological polar surface area (TPSA) is 55.1 Å². The molecule has 0 saturated carbocycles. The lowest BCUT2D eigenvalue weighted by Crippen LogP contribution is -2.14. The van der Waals surface area contributed by atoms with E-state index in [1.54, 1.807) is 19.9 Å². The Morgan fingerprint density at radius 3 is 2.72 bits per heavy atom. The average molecular weight is 313 g/mol. The van der Waals surface area contributed by atoms with Crippen LogP contribution in [0.5, 0.6) is 0 Å². The smallest absolute Gasteiger partial charge is 0.261 e. The molecule has 1 N–H and O–H groups in total. The lowest BCUT2D eigenvalue weighted by atomic mass is 10.2. The van der Waals surface area contributed by atoms with E-state index in [2.05, 4.69) is 26.4 Å². The van der Waals surface area contributed by atoms with E-state index in [1.807, 2.05) is 0 Å². The molecule has 0 aliphatic carbocycles. The van der Waals surface area contributed by atoms with Gasteiger partial charge in [0, 0.05) is 4.47 Å². The molecule has 2 aromatic rings. The van der Waals surface area contributed by atoms with E-state index in [-0.39, 0.29) is 5.69 Å². The summed E-state index contributed by atoms with van der Waals surface area (Å²) in [6.45, 7) is 3.29. The van der Waals surface area contributed by atoms with Gasteiger partial charge in [-0.15, -0.1) is 0 Å². The highest BCUT2D eigenvalue weighted by Gasteiger charge is 2.18. The fourth-order valence-corrected chi connectivity index (χ4v) is 1.92. The van der Waals surface area contributed by atoms with E-state index in [4.69, 9.17) is 4.52 Å². The summed E-state index contributed by atoms with van der Waals surface area (Å²) in [6.07, 6.45) is 0. The van der Waals surface area contributed by atoms with Crippen LogP contribution in [0.3, 0.4) is 0 Å². The van der Waals surface area contributed by atoms with Crippen molar-refractivity contribution in [2.24, 2.45) is 0 Å². The van der Waals surface area contributed by atoms with Gasteiger partial charge in [-0.05, 0) is 32.0 Å². The largest absolute Gasteiger partial charge is 0.361 e. The third-order valence-corrected chi connectivity index (χ3v) is 2.93. The minimum absolute atomic E-state index is 0.114. The van der Waals surface area contributed by atoms with Gasteiger partial charge in [0.1, 0.15) is 17.1 Å². The second-order valence-corrected chi connectivity index (χ2v) is 4.69. The summed E-state index contributed by atoms with van der Waals surface area (Å²) >= 11 is 3.15. The normalized spacial score (nSPS) is 10.4. The number of aryl methyl sites for hydroxylation is 2. The molecule has 0 atom stereocenters. The van der Waals surface area contributed by atoms with Gasteiger partial charge in [0.15, 0.2) is 0 Å². The van der Waals surface area contributed by atoms with E-state index < -0.39 is 11.7 Å². The summed E-state index contributed by atoms with van der Waals surface area (Å²) in [5.41, 5.74) is 0.919. The Hall–Kier alpha value is -1.69. The first-order valence-corrected chi connectivity index (χ1v) is 5.97. The summed E-state index contributed by atoms with van der Waals surface area (Å²) < 4.78 is 19.1. The number of amides is 1. The van der Waals surface area contributed by atoms with Crippen LogP contribution >= 0.6 is 15.9 Å². The van der Waals surface area contributed by atoms with Gasteiger partial charge < -0.3 is 9.84 Å². The van der Waals surface area contributed by atoms with Crippen molar-refractivity contribution in [2.45, 2.75) is 13.8 Å². The summed E-state index contributed by atoms with van der Waals surface area (Å²) in [5.74, 6) is -0.542. The lowest BCUT2D eigenvalue weighted by molar-refractivity contribution is 0.102. The van der Waals surface area contributed by atoms with Gasteiger partial charge in [0.2, 0.25) is 0 Å². The van der Waals surface area contributed by atoms with Crippen molar-refractivity contribution in [1.82, 2.24) is 5.16 Å². The van der Waals surface area contributed by atoms with Gasteiger partial charge in [0.05, 0.1) is 11.4 Å². The van der Waals surface area contributed by atoms with Gasteiger partial charge in [0.25, 0.3) is 5.91 Å². The highest BCUT2D eigenvalue weighted by molar-refractivity contribution is 9.10. The maximum Gasteiger partial charge on any atom is 0.261 e. The highest BCUT2D eigenvalue weighted by atomic mass is 79.9. The Morgan fingerprint density at radius 2 is 2.17 bits per heavy atom. The van der Waals surface area contributed by atoms with Crippen LogP contribution in [0.2, 0.25) is 0 Å². The standard InChI is InChI=1S/C12H10BrFN2O2/c1-6-11(7(2)18-16-6)12(17)15-10-4-3-8(13)5-9(10)14/h3-5H,1-2H3,(H,15,17). The molecule has 0 radical (unpaired) electrons. The molecule has 6 heteroatoms. The Labute approximate surface area is 111 Å². The first kappa shape index (κ1) is 12.8. The molecule has 0 unspecified atom stereocenters. The van der Waals surface area contributed by atoms with Gasteiger partial charge in [-0.1, -0.05) is 21.1 Å².